The Kier molecular flexibility index (Phi) is 5.37. The molecule has 0 heterocycles. The number of amides is 1. The number of hydrogen-bond donors (Lipinski definition) is 4. The molecule has 1 aromatic carbocycles. The largest absolute Gasteiger partial charge is 0.370 e. The van der Waals surface area contributed by atoms with Gasteiger partial charge in [0.25, 0.3) is 0 Å². The van der Waals surface area contributed by atoms with Crippen molar-refractivity contribution in [3.8, 4) is 0 Å². The number of anilines is 1. The molecule has 0 spiro atoms. The lowest BCUT2D eigenvalue weighted by molar-refractivity contribution is -0.113. The van der Waals surface area contributed by atoms with Crippen LogP contribution in [0.1, 0.15) is 11.1 Å². The standard InChI is InChI=1S/C12H17N5OS/c1-7-3-4-9(5-8(7)2)16-10(18)6-19-12(15)17-11(13)14/h3-5H,6H2,1-2H3,(H,16,18)(H5,13,14,15,17). The van der Waals surface area contributed by atoms with Gasteiger partial charge in [0.1, 0.15) is 0 Å². The highest BCUT2D eigenvalue weighted by atomic mass is 32.2. The number of carbonyl (C=O) groups is 1. The molecule has 0 saturated carbocycles. The topological polar surface area (TPSA) is 117 Å². The summed E-state index contributed by atoms with van der Waals surface area (Å²) >= 11 is 0.963. The summed E-state index contributed by atoms with van der Waals surface area (Å²) in [7, 11) is 0. The molecular weight excluding hydrogens is 262 g/mol. The third-order valence-corrected chi connectivity index (χ3v) is 3.13. The minimum Gasteiger partial charge on any atom is -0.370 e. The summed E-state index contributed by atoms with van der Waals surface area (Å²) in [5, 5.41) is 10.1. The first-order valence-electron chi connectivity index (χ1n) is 5.56. The fourth-order valence-electron chi connectivity index (χ4n) is 1.30. The zero-order chi connectivity index (χ0) is 14.4. The average Bonchev–Trinajstić information content (AvgIpc) is 2.30. The van der Waals surface area contributed by atoms with Crippen LogP contribution in [0.15, 0.2) is 23.2 Å². The minimum absolute atomic E-state index is 0.0859. The number of nitrogens with zero attached hydrogens (tertiary/aromatic N) is 1. The van der Waals surface area contributed by atoms with Gasteiger partial charge < -0.3 is 16.8 Å². The number of amidine groups is 1. The highest BCUT2D eigenvalue weighted by molar-refractivity contribution is 8.14. The Balaban J connectivity index is 2.49. The summed E-state index contributed by atoms with van der Waals surface area (Å²) in [5.41, 5.74) is 13.3. The Morgan fingerprint density at radius 2 is 2.05 bits per heavy atom. The molecule has 1 rings (SSSR count). The van der Waals surface area contributed by atoms with Crippen molar-refractivity contribution >= 4 is 34.5 Å². The summed E-state index contributed by atoms with van der Waals surface area (Å²) in [4.78, 5) is 15.2. The molecule has 6 N–H and O–H groups in total. The van der Waals surface area contributed by atoms with E-state index in [1.165, 1.54) is 5.56 Å². The van der Waals surface area contributed by atoms with Crippen LogP contribution in [0, 0.1) is 19.3 Å². The van der Waals surface area contributed by atoms with E-state index in [1.54, 1.807) is 0 Å². The predicted octanol–water partition coefficient (Wildman–Crippen LogP) is 1.18. The van der Waals surface area contributed by atoms with Gasteiger partial charge in [0.2, 0.25) is 5.91 Å². The van der Waals surface area contributed by atoms with Crippen LogP contribution in [0.3, 0.4) is 0 Å². The number of hydrogen-bond acceptors (Lipinski definition) is 3. The average molecular weight is 279 g/mol. The predicted molar refractivity (Wildman–Crippen MR) is 80.5 cm³/mol. The van der Waals surface area contributed by atoms with Crippen molar-refractivity contribution in [2.45, 2.75) is 13.8 Å². The van der Waals surface area contributed by atoms with Crippen LogP contribution in [0.5, 0.6) is 0 Å². The van der Waals surface area contributed by atoms with Gasteiger partial charge in [0.05, 0.1) is 5.75 Å². The van der Waals surface area contributed by atoms with Gasteiger partial charge in [-0.25, -0.2) is 0 Å². The highest BCUT2D eigenvalue weighted by Gasteiger charge is 2.06. The van der Waals surface area contributed by atoms with Crippen LogP contribution < -0.4 is 16.8 Å². The second-order valence-corrected chi connectivity index (χ2v) is 4.94. The van der Waals surface area contributed by atoms with Crippen molar-refractivity contribution in [3.05, 3.63) is 29.3 Å². The van der Waals surface area contributed by atoms with E-state index in [4.69, 9.17) is 16.9 Å². The monoisotopic (exact) mass is 279 g/mol. The summed E-state index contributed by atoms with van der Waals surface area (Å²) in [5.74, 6) is -0.307. The number of aryl methyl sites for hydroxylation is 2. The molecule has 0 unspecified atom stereocenters. The van der Waals surface area contributed by atoms with E-state index in [9.17, 15) is 4.79 Å². The number of rotatable bonds is 3. The first-order valence-corrected chi connectivity index (χ1v) is 6.55. The van der Waals surface area contributed by atoms with Gasteiger partial charge in [-0.3, -0.25) is 10.2 Å². The Morgan fingerprint density at radius 3 is 2.63 bits per heavy atom. The molecule has 0 aliphatic heterocycles. The summed E-state index contributed by atoms with van der Waals surface area (Å²) < 4.78 is 0. The molecule has 1 amide bonds. The summed E-state index contributed by atoms with van der Waals surface area (Å²) in [6.07, 6.45) is 0. The lowest BCUT2D eigenvalue weighted by Crippen LogP contribution is -2.24. The lowest BCUT2D eigenvalue weighted by atomic mass is 10.1. The van der Waals surface area contributed by atoms with Crippen molar-refractivity contribution in [2.24, 2.45) is 16.5 Å². The number of nitrogens with two attached hydrogens (primary N) is 2. The van der Waals surface area contributed by atoms with E-state index in [0.29, 0.717) is 0 Å². The third-order valence-electron chi connectivity index (χ3n) is 2.36. The van der Waals surface area contributed by atoms with Crippen LogP contribution in [0.25, 0.3) is 0 Å². The van der Waals surface area contributed by atoms with E-state index in [-0.39, 0.29) is 22.8 Å². The van der Waals surface area contributed by atoms with Crippen LogP contribution >= 0.6 is 11.8 Å². The van der Waals surface area contributed by atoms with Crippen LogP contribution in [-0.4, -0.2) is 22.8 Å². The molecule has 0 fully saturated rings. The van der Waals surface area contributed by atoms with Gasteiger partial charge in [-0.2, -0.15) is 4.99 Å². The third kappa shape index (κ3) is 5.43. The quantitative estimate of drug-likeness (QED) is 0.491. The Morgan fingerprint density at radius 1 is 1.37 bits per heavy atom. The van der Waals surface area contributed by atoms with Crippen molar-refractivity contribution in [2.75, 3.05) is 11.1 Å². The molecule has 0 aliphatic rings. The normalized spacial score (nSPS) is 9.79. The number of nitrogens with one attached hydrogen (secondary N) is 2. The number of benzene rings is 1. The molecule has 7 heteroatoms. The molecule has 1 aromatic rings. The summed E-state index contributed by atoms with van der Waals surface area (Å²) in [6, 6.07) is 5.69. The molecule has 19 heavy (non-hydrogen) atoms. The van der Waals surface area contributed by atoms with Crippen LogP contribution in [0.4, 0.5) is 5.69 Å². The second kappa shape index (κ2) is 6.79. The highest BCUT2D eigenvalue weighted by Crippen LogP contribution is 2.14. The van der Waals surface area contributed by atoms with Crippen LogP contribution in [0.2, 0.25) is 0 Å². The zero-order valence-electron chi connectivity index (χ0n) is 10.9. The molecule has 102 valence electrons. The Bertz CT molecular complexity index is 523. The number of thioether (sulfide) groups is 1. The number of carbonyl (C=O) groups excluding carboxylic acids is 1. The van der Waals surface area contributed by atoms with Gasteiger partial charge >= 0.3 is 0 Å². The van der Waals surface area contributed by atoms with Gasteiger partial charge in [0.15, 0.2) is 11.1 Å². The van der Waals surface area contributed by atoms with E-state index < -0.39 is 0 Å². The molecule has 0 bridgehead atoms. The first kappa shape index (κ1) is 15.0. The molecule has 0 aromatic heterocycles. The van der Waals surface area contributed by atoms with Crippen molar-refractivity contribution in [1.82, 2.24) is 0 Å². The van der Waals surface area contributed by atoms with Gasteiger partial charge in [-0.15, -0.1) is 0 Å². The van der Waals surface area contributed by atoms with Crippen LogP contribution in [-0.2, 0) is 4.79 Å². The second-order valence-electron chi connectivity index (χ2n) is 3.98. The maximum atomic E-state index is 11.7. The lowest BCUT2D eigenvalue weighted by Gasteiger charge is -2.07. The van der Waals surface area contributed by atoms with E-state index in [1.807, 2.05) is 32.0 Å². The summed E-state index contributed by atoms with van der Waals surface area (Å²) in [6.45, 7) is 3.99. The van der Waals surface area contributed by atoms with E-state index in [2.05, 4.69) is 10.3 Å². The molecule has 0 atom stereocenters. The molecular formula is C12H17N5OS. The molecule has 0 aliphatic carbocycles. The molecule has 0 saturated heterocycles. The maximum absolute atomic E-state index is 11.7. The van der Waals surface area contributed by atoms with Crippen molar-refractivity contribution in [1.29, 1.82) is 5.41 Å². The smallest absolute Gasteiger partial charge is 0.234 e. The van der Waals surface area contributed by atoms with E-state index in [0.717, 1.165) is 23.0 Å². The van der Waals surface area contributed by atoms with Crippen molar-refractivity contribution < 1.29 is 4.79 Å². The number of guanidine groups is 1. The van der Waals surface area contributed by atoms with E-state index >= 15 is 0 Å². The fourth-order valence-corrected chi connectivity index (χ4v) is 1.81. The van der Waals surface area contributed by atoms with Crippen molar-refractivity contribution in [3.63, 3.8) is 0 Å². The minimum atomic E-state index is -0.205. The Hall–Kier alpha value is -2.02. The molecule has 0 radical (unpaired) electrons. The zero-order valence-corrected chi connectivity index (χ0v) is 11.7. The van der Waals surface area contributed by atoms with Gasteiger partial charge in [-0.05, 0) is 37.1 Å². The fraction of sp³-hybridized carbons (Fsp3) is 0.250. The van der Waals surface area contributed by atoms with Gasteiger partial charge in [0, 0.05) is 5.69 Å². The SMILES string of the molecule is Cc1ccc(NC(=O)CSC(=N)N=C(N)N)cc1C. The van der Waals surface area contributed by atoms with Gasteiger partial charge in [-0.1, -0.05) is 17.8 Å². The number of aliphatic imine (C=N–C) groups is 1. The Labute approximate surface area is 116 Å². The first-order chi connectivity index (χ1) is 8.88. The molecule has 6 nitrogen and oxygen atoms in total. The maximum Gasteiger partial charge on any atom is 0.234 e.